The summed E-state index contributed by atoms with van der Waals surface area (Å²) in [7, 11) is 1.26. The zero-order chi connectivity index (χ0) is 13.8. The Morgan fingerprint density at radius 1 is 1.37 bits per heavy atom. The fourth-order valence-corrected chi connectivity index (χ4v) is 2.33. The molecule has 19 heavy (non-hydrogen) atoms. The van der Waals surface area contributed by atoms with Crippen LogP contribution in [0.4, 0.5) is 5.69 Å². The summed E-state index contributed by atoms with van der Waals surface area (Å²) in [6.07, 6.45) is 2.81. The molecule has 0 fully saturated rings. The first-order valence-electron chi connectivity index (χ1n) is 5.21. The summed E-state index contributed by atoms with van der Waals surface area (Å²) in [5.74, 6) is -0.902. The van der Waals surface area contributed by atoms with Gasteiger partial charge in [0.15, 0.2) is 0 Å². The number of rotatable bonds is 3. The molecule has 5 nitrogen and oxygen atoms in total. The molecule has 0 atom stereocenters. The van der Waals surface area contributed by atoms with Gasteiger partial charge in [-0.15, -0.1) is 11.3 Å². The number of aromatic nitrogens is 1. The van der Waals surface area contributed by atoms with Gasteiger partial charge in [-0.25, -0.2) is 4.79 Å². The number of pyridine rings is 1. The van der Waals surface area contributed by atoms with Crippen LogP contribution in [0.25, 0.3) is 0 Å². The van der Waals surface area contributed by atoms with E-state index in [1.807, 2.05) is 0 Å². The van der Waals surface area contributed by atoms with E-state index < -0.39 is 5.97 Å². The Hall–Kier alpha value is -1.92. The van der Waals surface area contributed by atoms with E-state index in [0.29, 0.717) is 14.9 Å². The topological polar surface area (TPSA) is 68.3 Å². The Labute approximate surface area is 118 Å². The number of nitrogens with zero attached hydrogens (tertiary/aromatic N) is 1. The number of hydrogen-bond donors (Lipinski definition) is 1. The molecule has 0 aliphatic carbocycles. The number of halogens is 1. The van der Waals surface area contributed by atoms with Gasteiger partial charge in [0.05, 0.1) is 22.0 Å². The summed E-state index contributed by atoms with van der Waals surface area (Å²) in [4.78, 5) is 27.8. The molecule has 1 amide bonds. The van der Waals surface area contributed by atoms with Gasteiger partial charge in [0, 0.05) is 12.4 Å². The van der Waals surface area contributed by atoms with Gasteiger partial charge in [-0.3, -0.25) is 9.78 Å². The molecule has 0 bridgehead atoms. The molecule has 2 aromatic heterocycles. The van der Waals surface area contributed by atoms with Gasteiger partial charge in [0.2, 0.25) is 0 Å². The number of carbonyl (C=O) groups excluding carboxylic acids is 2. The molecule has 0 unspecified atom stereocenters. The summed E-state index contributed by atoms with van der Waals surface area (Å²) < 4.78 is 5.14. The zero-order valence-electron chi connectivity index (χ0n) is 9.84. The first kappa shape index (κ1) is 13.5. The van der Waals surface area contributed by atoms with E-state index in [9.17, 15) is 9.59 Å². The van der Waals surface area contributed by atoms with Crippen molar-refractivity contribution in [1.29, 1.82) is 0 Å². The van der Waals surface area contributed by atoms with Crippen molar-refractivity contribution in [2.24, 2.45) is 0 Å². The Kier molecular flexibility index (Phi) is 4.13. The molecule has 0 radical (unpaired) electrons. The van der Waals surface area contributed by atoms with Crippen LogP contribution >= 0.6 is 22.9 Å². The minimum atomic E-state index is -0.562. The highest BCUT2D eigenvalue weighted by Gasteiger charge is 2.15. The molecule has 2 aromatic rings. The first-order valence-corrected chi connectivity index (χ1v) is 6.40. The SMILES string of the molecule is COC(=O)c1cnccc1NC(=O)c1ccc(Cl)s1. The molecule has 7 heteroatoms. The van der Waals surface area contributed by atoms with Crippen molar-refractivity contribution in [2.75, 3.05) is 12.4 Å². The van der Waals surface area contributed by atoms with Crippen LogP contribution in [-0.2, 0) is 4.74 Å². The van der Waals surface area contributed by atoms with Crippen LogP contribution in [-0.4, -0.2) is 24.0 Å². The van der Waals surface area contributed by atoms with Gasteiger partial charge >= 0.3 is 5.97 Å². The lowest BCUT2D eigenvalue weighted by molar-refractivity contribution is 0.0601. The van der Waals surface area contributed by atoms with E-state index in [-0.39, 0.29) is 11.5 Å². The Balaban J connectivity index is 2.24. The fourth-order valence-electron chi connectivity index (χ4n) is 1.40. The summed E-state index contributed by atoms with van der Waals surface area (Å²) in [5, 5.41) is 2.63. The Morgan fingerprint density at radius 3 is 2.79 bits per heavy atom. The van der Waals surface area contributed by atoms with E-state index >= 15 is 0 Å². The van der Waals surface area contributed by atoms with Gasteiger partial charge in [-0.05, 0) is 18.2 Å². The van der Waals surface area contributed by atoms with Gasteiger partial charge < -0.3 is 10.1 Å². The minimum Gasteiger partial charge on any atom is -0.465 e. The van der Waals surface area contributed by atoms with Crippen molar-refractivity contribution in [3.8, 4) is 0 Å². The van der Waals surface area contributed by atoms with E-state index in [0.717, 1.165) is 11.3 Å². The van der Waals surface area contributed by atoms with Gasteiger partial charge in [-0.1, -0.05) is 11.6 Å². The van der Waals surface area contributed by atoms with Crippen LogP contribution in [0.3, 0.4) is 0 Å². The maximum Gasteiger partial charge on any atom is 0.341 e. The second-order valence-electron chi connectivity index (χ2n) is 3.47. The zero-order valence-corrected chi connectivity index (χ0v) is 11.4. The van der Waals surface area contributed by atoms with Gasteiger partial charge in [0.1, 0.15) is 5.56 Å². The maximum absolute atomic E-state index is 12.0. The third-order valence-electron chi connectivity index (χ3n) is 2.27. The number of anilines is 1. The summed E-state index contributed by atoms with van der Waals surface area (Å²) in [6, 6.07) is 4.77. The van der Waals surface area contributed by atoms with Crippen molar-refractivity contribution in [3.05, 3.63) is 45.4 Å². The molecule has 0 saturated carbocycles. The summed E-state index contributed by atoms with van der Waals surface area (Å²) in [6.45, 7) is 0. The highest BCUT2D eigenvalue weighted by Crippen LogP contribution is 2.23. The van der Waals surface area contributed by atoms with Crippen LogP contribution in [0.2, 0.25) is 4.34 Å². The number of nitrogens with one attached hydrogen (secondary N) is 1. The number of ether oxygens (including phenoxy) is 1. The van der Waals surface area contributed by atoms with Crippen molar-refractivity contribution in [3.63, 3.8) is 0 Å². The molecular formula is C12H9ClN2O3S. The second-order valence-corrected chi connectivity index (χ2v) is 5.19. The summed E-state index contributed by atoms with van der Waals surface area (Å²) >= 11 is 6.92. The van der Waals surface area contributed by atoms with E-state index in [1.54, 1.807) is 12.1 Å². The third-order valence-corrected chi connectivity index (χ3v) is 3.50. The number of thiophene rings is 1. The second kappa shape index (κ2) is 5.81. The van der Waals surface area contributed by atoms with E-state index in [1.165, 1.54) is 25.6 Å². The number of carbonyl (C=O) groups is 2. The van der Waals surface area contributed by atoms with Gasteiger partial charge in [0.25, 0.3) is 5.91 Å². The monoisotopic (exact) mass is 296 g/mol. The van der Waals surface area contributed by atoms with Crippen molar-refractivity contribution in [2.45, 2.75) is 0 Å². The molecule has 2 rings (SSSR count). The lowest BCUT2D eigenvalue weighted by Gasteiger charge is -2.07. The lowest BCUT2D eigenvalue weighted by atomic mass is 10.2. The highest BCUT2D eigenvalue weighted by molar-refractivity contribution is 7.18. The van der Waals surface area contributed by atoms with Crippen molar-refractivity contribution in [1.82, 2.24) is 4.98 Å². The number of amides is 1. The first-order chi connectivity index (χ1) is 9.11. The maximum atomic E-state index is 12.0. The van der Waals surface area contributed by atoms with E-state index in [2.05, 4.69) is 15.0 Å². The standard InChI is InChI=1S/C12H9ClN2O3S/c1-18-12(17)7-6-14-5-4-8(7)15-11(16)9-2-3-10(13)19-9/h2-6H,1H3,(H,14,15,16). The molecular weight excluding hydrogens is 288 g/mol. The van der Waals surface area contributed by atoms with Crippen LogP contribution in [0.1, 0.15) is 20.0 Å². The Bertz CT molecular complexity index is 627. The van der Waals surface area contributed by atoms with Crippen LogP contribution < -0.4 is 5.32 Å². The normalized spacial score (nSPS) is 10.0. The predicted octanol–water partition coefficient (Wildman–Crippen LogP) is 2.84. The average Bonchev–Trinajstić information content (AvgIpc) is 2.85. The highest BCUT2D eigenvalue weighted by atomic mass is 35.5. The predicted molar refractivity (Wildman–Crippen MR) is 72.9 cm³/mol. The molecule has 0 aromatic carbocycles. The number of hydrogen-bond acceptors (Lipinski definition) is 5. The number of methoxy groups -OCH3 is 1. The smallest absolute Gasteiger partial charge is 0.341 e. The van der Waals surface area contributed by atoms with Crippen LogP contribution in [0, 0.1) is 0 Å². The van der Waals surface area contributed by atoms with Crippen LogP contribution in [0.5, 0.6) is 0 Å². The fraction of sp³-hybridized carbons (Fsp3) is 0.0833. The quantitative estimate of drug-likeness (QED) is 0.884. The average molecular weight is 297 g/mol. The van der Waals surface area contributed by atoms with Crippen molar-refractivity contribution < 1.29 is 14.3 Å². The van der Waals surface area contributed by atoms with Crippen molar-refractivity contribution >= 4 is 40.5 Å². The molecule has 0 spiro atoms. The molecule has 1 N–H and O–H groups in total. The third kappa shape index (κ3) is 3.10. The van der Waals surface area contributed by atoms with Gasteiger partial charge in [-0.2, -0.15) is 0 Å². The number of esters is 1. The van der Waals surface area contributed by atoms with Crippen LogP contribution in [0.15, 0.2) is 30.6 Å². The van der Waals surface area contributed by atoms with E-state index in [4.69, 9.17) is 11.6 Å². The molecule has 0 aliphatic heterocycles. The lowest BCUT2D eigenvalue weighted by Crippen LogP contribution is -2.14. The molecule has 98 valence electrons. The molecule has 0 saturated heterocycles. The molecule has 0 aliphatic rings. The largest absolute Gasteiger partial charge is 0.465 e. The minimum absolute atomic E-state index is 0.195. The Morgan fingerprint density at radius 2 is 2.16 bits per heavy atom. The summed E-state index contributed by atoms with van der Waals surface area (Å²) in [5.41, 5.74) is 0.539. The molecule has 2 heterocycles.